The average molecular weight is 424 g/mol. The summed E-state index contributed by atoms with van der Waals surface area (Å²) < 4.78 is 32.5. The lowest BCUT2D eigenvalue weighted by Gasteiger charge is -2.06. The lowest BCUT2D eigenvalue weighted by Crippen LogP contribution is -2.19. The number of carbonyl (C=O) groups excluding carboxylic acids is 1. The number of nitrogens with zero attached hydrogens (tertiary/aromatic N) is 6. The number of hydrogen-bond donors (Lipinski definition) is 2. The molecule has 0 radical (unpaired) electrons. The molecule has 0 aliphatic heterocycles. The maximum absolute atomic E-state index is 13.7. The predicted octanol–water partition coefficient (Wildman–Crippen LogP) is 2.25. The number of benzene rings is 2. The Morgan fingerprint density at radius 2 is 1.97 bits per heavy atom. The standard InChI is InChI=1S/C19H14F2N8O2/c1-10-2-4-11(5-3-10)16-15(24-28-29(16)18-17(22)26-31-27-18)19(30)25-23-9-12-6-7-13(20)8-14(12)21/h2-9H,1H3,(H2,22,26)(H,25,30). The van der Waals surface area contributed by atoms with Crippen LogP contribution in [0, 0.1) is 18.6 Å². The van der Waals surface area contributed by atoms with Crippen molar-refractivity contribution in [1.29, 1.82) is 0 Å². The van der Waals surface area contributed by atoms with Crippen molar-refractivity contribution in [2.24, 2.45) is 5.10 Å². The van der Waals surface area contributed by atoms with Crippen molar-refractivity contribution < 1.29 is 18.2 Å². The third-order valence-electron chi connectivity index (χ3n) is 4.24. The van der Waals surface area contributed by atoms with E-state index in [0.29, 0.717) is 11.6 Å². The number of rotatable bonds is 5. The van der Waals surface area contributed by atoms with Crippen LogP contribution in [0.1, 0.15) is 21.6 Å². The molecule has 0 saturated carbocycles. The van der Waals surface area contributed by atoms with E-state index in [0.717, 1.165) is 17.8 Å². The topological polar surface area (TPSA) is 137 Å². The predicted molar refractivity (Wildman–Crippen MR) is 105 cm³/mol. The zero-order valence-electron chi connectivity index (χ0n) is 16.0. The molecule has 0 saturated heterocycles. The monoisotopic (exact) mass is 424 g/mol. The number of nitrogens with two attached hydrogens (primary N) is 1. The molecule has 31 heavy (non-hydrogen) atoms. The van der Waals surface area contributed by atoms with E-state index in [-0.39, 0.29) is 28.6 Å². The van der Waals surface area contributed by atoms with Gasteiger partial charge in [-0.15, -0.1) is 5.10 Å². The van der Waals surface area contributed by atoms with Crippen molar-refractivity contribution in [3.8, 4) is 17.1 Å². The third-order valence-corrected chi connectivity index (χ3v) is 4.24. The number of aryl methyl sites for hydroxylation is 1. The average Bonchev–Trinajstić information content (AvgIpc) is 3.36. The maximum Gasteiger partial charge on any atom is 0.294 e. The van der Waals surface area contributed by atoms with Gasteiger partial charge in [-0.3, -0.25) is 4.79 Å². The van der Waals surface area contributed by atoms with Crippen LogP contribution >= 0.6 is 0 Å². The van der Waals surface area contributed by atoms with E-state index >= 15 is 0 Å². The van der Waals surface area contributed by atoms with Crippen LogP contribution in [-0.4, -0.2) is 37.4 Å². The molecule has 4 rings (SSSR count). The number of nitrogens with one attached hydrogen (secondary N) is 1. The number of halogens is 2. The fourth-order valence-corrected chi connectivity index (χ4v) is 2.71. The van der Waals surface area contributed by atoms with Gasteiger partial charge in [-0.05, 0) is 29.4 Å². The summed E-state index contributed by atoms with van der Waals surface area (Å²) in [4.78, 5) is 12.7. The highest BCUT2D eigenvalue weighted by atomic mass is 19.1. The number of aromatic nitrogens is 5. The van der Waals surface area contributed by atoms with Crippen molar-refractivity contribution >= 4 is 17.9 Å². The quantitative estimate of drug-likeness (QED) is 0.370. The van der Waals surface area contributed by atoms with E-state index in [9.17, 15) is 13.6 Å². The maximum atomic E-state index is 13.7. The molecule has 3 N–H and O–H groups in total. The molecule has 10 nitrogen and oxygen atoms in total. The van der Waals surface area contributed by atoms with Gasteiger partial charge in [-0.25, -0.2) is 18.8 Å². The smallest absolute Gasteiger partial charge is 0.294 e. The van der Waals surface area contributed by atoms with Gasteiger partial charge in [0.15, 0.2) is 5.69 Å². The minimum Gasteiger partial charge on any atom is -0.378 e. The van der Waals surface area contributed by atoms with E-state index in [1.54, 1.807) is 12.1 Å². The molecule has 0 aliphatic carbocycles. The summed E-state index contributed by atoms with van der Waals surface area (Å²) in [5.41, 5.74) is 9.76. The highest BCUT2D eigenvalue weighted by molar-refractivity contribution is 5.98. The fraction of sp³-hybridized carbons (Fsp3) is 0.0526. The van der Waals surface area contributed by atoms with Gasteiger partial charge in [0.25, 0.3) is 5.91 Å². The Labute approximate surface area is 173 Å². The number of anilines is 1. The van der Waals surface area contributed by atoms with Crippen LogP contribution in [0.5, 0.6) is 0 Å². The summed E-state index contributed by atoms with van der Waals surface area (Å²) >= 11 is 0. The minimum absolute atomic E-state index is 0.00874. The second-order valence-electron chi connectivity index (χ2n) is 6.40. The number of nitrogen functional groups attached to an aromatic ring is 1. The van der Waals surface area contributed by atoms with E-state index < -0.39 is 17.5 Å². The molecular weight excluding hydrogens is 410 g/mol. The molecule has 0 unspecified atom stereocenters. The van der Waals surface area contributed by atoms with Gasteiger partial charge in [0.1, 0.15) is 17.3 Å². The lowest BCUT2D eigenvalue weighted by molar-refractivity contribution is 0.0950. The first-order valence-electron chi connectivity index (χ1n) is 8.83. The summed E-state index contributed by atoms with van der Waals surface area (Å²) in [5.74, 6) is -2.26. The normalized spacial score (nSPS) is 11.2. The van der Waals surface area contributed by atoms with Crippen molar-refractivity contribution in [2.75, 3.05) is 5.73 Å². The molecule has 0 fully saturated rings. The van der Waals surface area contributed by atoms with E-state index in [1.807, 2.05) is 19.1 Å². The number of amides is 1. The van der Waals surface area contributed by atoms with Crippen LogP contribution < -0.4 is 11.2 Å². The molecule has 1 amide bonds. The zero-order valence-corrected chi connectivity index (χ0v) is 16.0. The SMILES string of the molecule is Cc1ccc(-c2c(C(=O)NN=Cc3ccc(F)cc3F)nnn2-c2nonc2N)cc1. The molecule has 2 aromatic heterocycles. The Bertz CT molecular complexity index is 1280. The summed E-state index contributed by atoms with van der Waals surface area (Å²) in [6, 6.07) is 10.2. The van der Waals surface area contributed by atoms with Gasteiger partial charge in [0.2, 0.25) is 11.6 Å². The van der Waals surface area contributed by atoms with Crippen LogP contribution in [0.25, 0.3) is 17.1 Å². The summed E-state index contributed by atoms with van der Waals surface area (Å²) in [5, 5.41) is 18.8. The van der Waals surface area contributed by atoms with Crippen molar-refractivity contribution in [3.05, 3.63) is 70.9 Å². The molecule has 0 atom stereocenters. The largest absolute Gasteiger partial charge is 0.378 e. The summed E-state index contributed by atoms with van der Waals surface area (Å²) in [7, 11) is 0. The minimum atomic E-state index is -0.821. The van der Waals surface area contributed by atoms with Crippen LogP contribution in [0.4, 0.5) is 14.6 Å². The van der Waals surface area contributed by atoms with E-state index in [1.165, 1.54) is 10.7 Å². The van der Waals surface area contributed by atoms with E-state index in [4.69, 9.17) is 5.73 Å². The fourth-order valence-electron chi connectivity index (χ4n) is 2.71. The molecule has 0 spiro atoms. The van der Waals surface area contributed by atoms with Crippen LogP contribution in [0.15, 0.2) is 52.2 Å². The highest BCUT2D eigenvalue weighted by Crippen LogP contribution is 2.26. The van der Waals surface area contributed by atoms with Crippen LogP contribution in [0.2, 0.25) is 0 Å². The molecule has 2 aromatic carbocycles. The van der Waals surface area contributed by atoms with Crippen molar-refractivity contribution in [1.82, 2.24) is 30.7 Å². The Morgan fingerprint density at radius 1 is 1.19 bits per heavy atom. The first-order valence-corrected chi connectivity index (χ1v) is 8.83. The Kier molecular flexibility index (Phi) is 5.18. The van der Waals surface area contributed by atoms with Crippen molar-refractivity contribution in [3.63, 3.8) is 0 Å². The first-order chi connectivity index (χ1) is 14.9. The van der Waals surface area contributed by atoms with Gasteiger partial charge in [-0.1, -0.05) is 35.0 Å². The Morgan fingerprint density at radius 3 is 2.65 bits per heavy atom. The van der Waals surface area contributed by atoms with Crippen molar-refractivity contribution in [2.45, 2.75) is 6.92 Å². The number of hydrogen-bond acceptors (Lipinski definition) is 8. The second-order valence-corrected chi connectivity index (χ2v) is 6.40. The highest BCUT2D eigenvalue weighted by Gasteiger charge is 2.25. The van der Waals surface area contributed by atoms with Crippen LogP contribution in [0.3, 0.4) is 0 Å². The summed E-state index contributed by atoms with van der Waals surface area (Å²) in [6.07, 6.45) is 1.04. The number of hydrazone groups is 1. The summed E-state index contributed by atoms with van der Waals surface area (Å²) in [6.45, 7) is 1.91. The van der Waals surface area contributed by atoms with Gasteiger partial charge in [0.05, 0.1) is 6.21 Å². The zero-order chi connectivity index (χ0) is 22.0. The molecule has 0 aliphatic rings. The lowest BCUT2D eigenvalue weighted by atomic mass is 10.1. The van der Waals surface area contributed by atoms with Gasteiger partial charge in [0, 0.05) is 17.2 Å². The first kappa shape index (κ1) is 19.8. The molecular formula is C19H14F2N8O2. The van der Waals surface area contributed by atoms with Crippen LogP contribution in [-0.2, 0) is 0 Å². The molecule has 4 aromatic rings. The number of carbonyl (C=O) groups is 1. The van der Waals surface area contributed by atoms with E-state index in [2.05, 4.69) is 35.8 Å². The Balaban J connectivity index is 1.68. The Hall–Kier alpha value is -4.48. The molecule has 156 valence electrons. The van der Waals surface area contributed by atoms with Gasteiger partial charge >= 0.3 is 0 Å². The molecule has 0 bridgehead atoms. The third kappa shape index (κ3) is 3.99. The molecule has 12 heteroatoms. The van der Waals surface area contributed by atoms with Gasteiger partial charge in [-0.2, -0.15) is 9.78 Å². The van der Waals surface area contributed by atoms with Gasteiger partial charge < -0.3 is 5.73 Å². The second kappa shape index (κ2) is 8.10. The molecule has 2 heterocycles.